The first-order valence-electron chi connectivity index (χ1n) is 7.22. The monoisotopic (exact) mass is 315 g/mol. The summed E-state index contributed by atoms with van der Waals surface area (Å²) in [5.74, 6) is 1.74. The molecule has 0 spiro atoms. The Balaban J connectivity index is 2.11. The predicted molar refractivity (Wildman–Crippen MR) is 86.2 cm³/mol. The third-order valence-corrected chi connectivity index (χ3v) is 3.77. The lowest BCUT2D eigenvalue weighted by Gasteiger charge is -2.10. The second-order valence-electron chi connectivity index (χ2n) is 5.14. The van der Waals surface area contributed by atoms with E-state index in [-0.39, 0.29) is 5.82 Å². The van der Waals surface area contributed by atoms with Crippen LogP contribution in [0.25, 0.3) is 11.0 Å². The summed E-state index contributed by atoms with van der Waals surface area (Å²) in [6.07, 6.45) is 0. The van der Waals surface area contributed by atoms with Gasteiger partial charge < -0.3 is 19.8 Å². The van der Waals surface area contributed by atoms with Crippen LogP contribution in [0, 0.1) is 5.82 Å². The summed E-state index contributed by atoms with van der Waals surface area (Å²) in [6.45, 7) is 0.860. The fraction of sp³-hybridized carbons (Fsp3) is 0.235. The Morgan fingerprint density at radius 1 is 1.09 bits per heavy atom. The number of hydrogen-bond acceptors (Lipinski definition) is 4. The van der Waals surface area contributed by atoms with Crippen molar-refractivity contribution in [3.63, 3.8) is 0 Å². The van der Waals surface area contributed by atoms with Crippen LogP contribution in [0.15, 0.2) is 36.4 Å². The maximum Gasteiger partial charge on any atom is 0.163 e. The highest BCUT2D eigenvalue weighted by molar-refractivity contribution is 5.80. The Kier molecular flexibility index (Phi) is 4.16. The molecule has 0 unspecified atom stereocenters. The SMILES string of the molecule is COc1cc2nc(CN)n(Cc3ccc(F)cc3)c2cc1OC. The van der Waals surface area contributed by atoms with Gasteiger partial charge in [0.25, 0.3) is 0 Å². The minimum Gasteiger partial charge on any atom is -0.493 e. The van der Waals surface area contributed by atoms with Gasteiger partial charge >= 0.3 is 0 Å². The van der Waals surface area contributed by atoms with E-state index in [1.54, 1.807) is 26.4 Å². The molecule has 1 heterocycles. The molecule has 0 aliphatic heterocycles. The van der Waals surface area contributed by atoms with Gasteiger partial charge in [-0.2, -0.15) is 0 Å². The Hall–Kier alpha value is -2.60. The summed E-state index contributed by atoms with van der Waals surface area (Å²) in [5, 5.41) is 0. The van der Waals surface area contributed by atoms with E-state index in [1.165, 1.54) is 12.1 Å². The van der Waals surface area contributed by atoms with Crippen molar-refractivity contribution in [3.05, 3.63) is 53.6 Å². The highest BCUT2D eigenvalue weighted by Crippen LogP contribution is 2.32. The van der Waals surface area contributed by atoms with Crippen molar-refractivity contribution in [1.29, 1.82) is 0 Å². The number of fused-ring (bicyclic) bond motifs is 1. The molecule has 0 aliphatic rings. The average Bonchev–Trinajstić information content (AvgIpc) is 2.92. The topological polar surface area (TPSA) is 62.3 Å². The van der Waals surface area contributed by atoms with Crippen molar-refractivity contribution in [3.8, 4) is 11.5 Å². The minimum atomic E-state index is -0.255. The molecule has 0 amide bonds. The van der Waals surface area contributed by atoms with Crippen molar-refractivity contribution < 1.29 is 13.9 Å². The molecule has 3 rings (SSSR count). The van der Waals surface area contributed by atoms with Gasteiger partial charge in [0.15, 0.2) is 11.5 Å². The third kappa shape index (κ3) is 2.85. The number of aromatic nitrogens is 2. The van der Waals surface area contributed by atoms with Crippen molar-refractivity contribution >= 4 is 11.0 Å². The number of hydrogen-bond donors (Lipinski definition) is 1. The zero-order chi connectivity index (χ0) is 16.4. The Morgan fingerprint density at radius 3 is 2.35 bits per heavy atom. The fourth-order valence-electron chi connectivity index (χ4n) is 2.61. The first-order chi connectivity index (χ1) is 11.2. The number of benzene rings is 2. The molecule has 1 aromatic heterocycles. The third-order valence-electron chi connectivity index (χ3n) is 3.77. The van der Waals surface area contributed by atoms with Crippen LogP contribution in [0.3, 0.4) is 0 Å². The number of nitrogens with zero attached hydrogens (tertiary/aromatic N) is 2. The van der Waals surface area contributed by atoms with Crippen LogP contribution in [0.4, 0.5) is 4.39 Å². The molecule has 2 aromatic carbocycles. The van der Waals surface area contributed by atoms with Gasteiger partial charge in [0.05, 0.1) is 31.8 Å². The minimum absolute atomic E-state index is 0.255. The molecule has 3 aromatic rings. The van der Waals surface area contributed by atoms with Crippen molar-refractivity contribution in [2.75, 3.05) is 14.2 Å². The van der Waals surface area contributed by atoms with Crippen molar-refractivity contribution in [1.82, 2.24) is 9.55 Å². The zero-order valence-corrected chi connectivity index (χ0v) is 13.0. The molecule has 0 saturated heterocycles. The fourth-order valence-corrected chi connectivity index (χ4v) is 2.61. The van der Waals surface area contributed by atoms with E-state index in [4.69, 9.17) is 15.2 Å². The molecular weight excluding hydrogens is 297 g/mol. The van der Waals surface area contributed by atoms with Gasteiger partial charge in [-0.05, 0) is 17.7 Å². The van der Waals surface area contributed by atoms with Crippen LogP contribution in [0.1, 0.15) is 11.4 Å². The lowest BCUT2D eigenvalue weighted by atomic mass is 10.2. The highest BCUT2D eigenvalue weighted by Gasteiger charge is 2.14. The van der Waals surface area contributed by atoms with Crippen LogP contribution in [-0.2, 0) is 13.1 Å². The second kappa shape index (κ2) is 6.26. The lowest BCUT2D eigenvalue weighted by molar-refractivity contribution is 0.355. The maximum atomic E-state index is 13.1. The van der Waals surface area contributed by atoms with Gasteiger partial charge in [-0.15, -0.1) is 0 Å². The summed E-state index contributed by atoms with van der Waals surface area (Å²) in [6, 6.07) is 10.1. The summed E-state index contributed by atoms with van der Waals surface area (Å²) in [4.78, 5) is 4.56. The molecule has 120 valence electrons. The van der Waals surface area contributed by atoms with Gasteiger partial charge in [-0.25, -0.2) is 9.37 Å². The second-order valence-corrected chi connectivity index (χ2v) is 5.14. The van der Waals surface area contributed by atoms with Gasteiger partial charge in [0, 0.05) is 18.7 Å². The van der Waals surface area contributed by atoms with Gasteiger partial charge in [-0.3, -0.25) is 0 Å². The van der Waals surface area contributed by atoms with Gasteiger partial charge in [0.2, 0.25) is 0 Å². The molecule has 2 N–H and O–H groups in total. The molecule has 5 nitrogen and oxygen atoms in total. The summed E-state index contributed by atoms with van der Waals surface area (Å²) >= 11 is 0. The van der Waals surface area contributed by atoms with Crippen LogP contribution >= 0.6 is 0 Å². The largest absolute Gasteiger partial charge is 0.493 e. The molecule has 0 fully saturated rings. The van der Waals surface area contributed by atoms with E-state index >= 15 is 0 Å². The van der Waals surface area contributed by atoms with Crippen LogP contribution in [0.5, 0.6) is 11.5 Å². The van der Waals surface area contributed by atoms with Gasteiger partial charge in [0.1, 0.15) is 11.6 Å². The van der Waals surface area contributed by atoms with E-state index in [9.17, 15) is 4.39 Å². The number of nitrogens with two attached hydrogens (primary N) is 1. The van der Waals surface area contributed by atoms with Crippen LogP contribution in [0.2, 0.25) is 0 Å². The number of rotatable bonds is 5. The number of halogens is 1. The van der Waals surface area contributed by atoms with Crippen molar-refractivity contribution in [2.45, 2.75) is 13.1 Å². The quantitative estimate of drug-likeness (QED) is 0.786. The molecule has 0 aliphatic carbocycles. The van der Waals surface area contributed by atoms with E-state index in [0.29, 0.717) is 24.6 Å². The molecule has 0 atom stereocenters. The van der Waals surface area contributed by atoms with E-state index in [0.717, 1.165) is 22.4 Å². The van der Waals surface area contributed by atoms with Gasteiger partial charge in [-0.1, -0.05) is 12.1 Å². The Labute approximate surface area is 133 Å². The maximum absolute atomic E-state index is 13.1. The van der Waals surface area contributed by atoms with E-state index in [1.807, 2.05) is 16.7 Å². The molecular formula is C17H18FN3O2. The molecule has 0 saturated carbocycles. The molecule has 0 bridgehead atoms. The highest BCUT2D eigenvalue weighted by atomic mass is 19.1. The van der Waals surface area contributed by atoms with E-state index in [2.05, 4.69) is 4.98 Å². The normalized spacial score (nSPS) is 11.0. The summed E-state index contributed by atoms with van der Waals surface area (Å²) in [7, 11) is 3.18. The van der Waals surface area contributed by atoms with Crippen molar-refractivity contribution in [2.24, 2.45) is 5.73 Å². The smallest absolute Gasteiger partial charge is 0.163 e. The number of ether oxygens (including phenoxy) is 2. The standard InChI is InChI=1S/C17H18FN3O2/c1-22-15-7-13-14(8-16(15)23-2)21(17(9-19)20-13)10-11-3-5-12(18)6-4-11/h3-8H,9-10,19H2,1-2H3. The zero-order valence-electron chi connectivity index (χ0n) is 13.0. The average molecular weight is 315 g/mol. The molecule has 23 heavy (non-hydrogen) atoms. The number of methoxy groups -OCH3 is 2. The Bertz CT molecular complexity index is 828. The van der Waals surface area contributed by atoms with Crippen LogP contribution < -0.4 is 15.2 Å². The first-order valence-corrected chi connectivity index (χ1v) is 7.22. The molecule has 6 heteroatoms. The predicted octanol–water partition coefficient (Wildman–Crippen LogP) is 2.70. The summed E-state index contributed by atoms with van der Waals surface area (Å²) in [5.41, 5.74) is 8.47. The lowest BCUT2D eigenvalue weighted by Crippen LogP contribution is -2.09. The first kappa shape index (κ1) is 15.3. The number of imidazole rings is 1. The van der Waals surface area contributed by atoms with Crippen LogP contribution in [-0.4, -0.2) is 23.8 Å². The molecule has 0 radical (unpaired) electrons. The summed E-state index contributed by atoms with van der Waals surface area (Å²) < 4.78 is 25.8. The Morgan fingerprint density at radius 2 is 1.74 bits per heavy atom. The van der Waals surface area contributed by atoms with E-state index < -0.39 is 0 Å².